The first kappa shape index (κ1) is 19.9. The van der Waals surface area contributed by atoms with Crippen molar-refractivity contribution >= 4 is 33.4 Å². The minimum atomic E-state index is -0.658. The van der Waals surface area contributed by atoms with Gasteiger partial charge < -0.3 is 14.7 Å². The van der Waals surface area contributed by atoms with E-state index >= 15 is 0 Å². The molecule has 6 heteroatoms. The van der Waals surface area contributed by atoms with Crippen LogP contribution in [0.5, 0.6) is 0 Å². The first-order chi connectivity index (χ1) is 14.0. The molecule has 150 valence electrons. The van der Waals surface area contributed by atoms with Gasteiger partial charge in [-0.2, -0.15) is 0 Å². The third-order valence-corrected chi connectivity index (χ3v) is 6.00. The van der Waals surface area contributed by atoms with Crippen LogP contribution in [0.4, 0.5) is 0 Å². The Balaban J connectivity index is 1.81. The lowest BCUT2D eigenvalue weighted by Gasteiger charge is -2.27. The number of likely N-dealkylation sites (tertiary alicyclic amines) is 1. The second-order valence-corrected chi connectivity index (χ2v) is 8.42. The summed E-state index contributed by atoms with van der Waals surface area (Å²) < 4.78 is 6.60. The van der Waals surface area contributed by atoms with Gasteiger partial charge in [-0.15, -0.1) is 0 Å². The van der Waals surface area contributed by atoms with Crippen LogP contribution in [-0.4, -0.2) is 41.0 Å². The van der Waals surface area contributed by atoms with Gasteiger partial charge in [-0.05, 0) is 37.5 Å². The first-order valence-electron chi connectivity index (χ1n) is 9.68. The maximum Gasteiger partial charge on any atom is 0.295 e. The maximum atomic E-state index is 13.0. The van der Waals surface area contributed by atoms with E-state index in [-0.39, 0.29) is 17.4 Å². The van der Waals surface area contributed by atoms with Crippen LogP contribution in [0.1, 0.15) is 35.6 Å². The van der Waals surface area contributed by atoms with E-state index in [4.69, 9.17) is 4.74 Å². The summed E-state index contributed by atoms with van der Waals surface area (Å²) in [4.78, 5) is 27.4. The lowest BCUT2D eigenvalue weighted by molar-refractivity contribution is -0.140. The van der Waals surface area contributed by atoms with Crippen LogP contribution in [0.25, 0.3) is 5.76 Å². The van der Waals surface area contributed by atoms with Crippen molar-refractivity contribution in [1.29, 1.82) is 0 Å². The number of hydrogen-bond acceptors (Lipinski definition) is 4. The number of ether oxygens (including phenoxy) is 1. The van der Waals surface area contributed by atoms with Gasteiger partial charge >= 0.3 is 0 Å². The second-order valence-electron chi connectivity index (χ2n) is 7.50. The van der Waals surface area contributed by atoms with Gasteiger partial charge in [-0.3, -0.25) is 9.59 Å². The summed E-state index contributed by atoms with van der Waals surface area (Å²) in [5, 5.41) is 11.0. The van der Waals surface area contributed by atoms with Crippen LogP contribution in [0.3, 0.4) is 0 Å². The highest BCUT2D eigenvalue weighted by Gasteiger charge is 2.47. The fourth-order valence-corrected chi connectivity index (χ4v) is 4.20. The molecule has 2 heterocycles. The van der Waals surface area contributed by atoms with Crippen LogP contribution in [-0.2, 0) is 14.3 Å². The number of rotatable bonds is 4. The summed E-state index contributed by atoms with van der Waals surface area (Å²) in [5.41, 5.74) is 2.47. The quantitative estimate of drug-likeness (QED) is 0.422. The highest BCUT2D eigenvalue weighted by molar-refractivity contribution is 9.10. The average molecular weight is 456 g/mol. The number of ketones is 1. The molecule has 0 spiro atoms. The van der Waals surface area contributed by atoms with E-state index in [9.17, 15) is 14.7 Å². The molecule has 0 aromatic heterocycles. The molecular formula is C23H22BrNO4. The normalized spacial score (nSPS) is 23.7. The maximum absolute atomic E-state index is 13.0. The number of benzene rings is 2. The molecule has 0 radical (unpaired) electrons. The molecular weight excluding hydrogens is 434 g/mol. The Morgan fingerprint density at radius 1 is 1.14 bits per heavy atom. The number of aliphatic hydroxyl groups excluding tert-OH is 1. The summed E-state index contributed by atoms with van der Waals surface area (Å²) in [6.45, 7) is 2.95. The van der Waals surface area contributed by atoms with Crippen molar-refractivity contribution in [2.45, 2.75) is 31.9 Å². The zero-order chi connectivity index (χ0) is 20.5. The van der Waals surface area contributed by atoms with E-state index in [1.54, 1.807) is 17.0 Å². The summed E-state index contributed by atoms with van der Waals surface area (Å²) in [5.74, 6) is -1.40. The Hall–Kier alpha value is -2.44. The van der Waals surface area contributed by atoms with Crippen LogP contribution < -0.4 is 0 Å². The molecule has 2 atom stereocenters. The van der Waals surface area contributed by atoms with Gasteiger partial charge in [0.15, 0.2) is 0 Å². The van der Waals surface area contributed by atoms with Gasteiger partial charge in [0.1, 0.15) is 5.76 Å². The molecule has 0 aliphatic carbocycles. The Labute approximate surface area is 178 Å². The minimum absolute atomic E-state index is 0.0921. The lowest BCUT2D eigenvalue weighted by Crippen LogP contribution is -2.36. The van der Waals surface area contributed by atoms with Crippen LogP contribution in [0.2, 0.25) is 0 Å². The number of Topliss-reactive ketones (excluding diaryl/α,β-unsaturated/α-hetero) is 1. The van der Waals surface area contributed by atoms with Crippen molar-refractivity contribution in [3.8, 4) is 0 Å². The molecule has 4 rings (SSSR count). The largest absolute Gasteiger partial charge is 0.507 e. The van der Waals surface area contributed by atoms with Gasteiger partial charge in [-0.25, -0.2) is 0 Å². The van der Waals surface area contributed by atoms with Crippen molar-refractivity contribution in [2.75, 3.05) is 13.2 Å². The number of carbonyl (C=O) groups excluding carboxylic acids is 2. The van der Waals surface area contributed by atoms with E-state index in [0.29, 0.717) is 18.7 Å². The van der Waals surface area contributed by atoms with Crippen LogP contribution >= 0.6 is 15.9 Å². The van der Waals surface area contributed by atoms with E-state index in [0.717, 1.165) is 28.4 Å². The predicted molar refractivity (Wildman–Crippen MR) is 113 cm³/mol. The SMILES string of the molecule is Cc1ccc(C(O)=C2C(=O)C(=O)N(CC3CCCO3)C2c2ccc(Br)cc2)cc1. The van der Waals surface area contributed by atoms with Crippen molar-refractivity contribution in [2.24, 2.45) is 0 Å². The van der Waals surface area contributed by atoms with E-state index in [2.05, 4.69) is 15.9 Å². The third-order valence-electron chi connectivity index (χ3n) is 5.48. The predicted octanol–water partition coefficient (Wildman–Crippen LogP) is 4.36. The van der Waals surface area contributed by atoms with Gasteiger partial charge in [0.05, 0.1) is 17.7 Å². The fraction of sp³-hybridized carbons (Fsp3) is 0.304. The van der Waals surface area contributed by atoms with Gasteiger partial charge in [0.2, 0.25) is 0 Å². The summed E-state index contributed by atoms with van der Waals surface area (Å²) >= 11 is 3.42. The molecule has 0 bridgehead atoms. The van der Waals surface area contributed by atoms with E-state index < -0.39 is 17.7 Å². The molecule has 5 nitrogen and oxygen atoms in total. The summed E-state index contributed by atoms with van der Waals surface area (Å²) in [6.07, 6.45) is 1.71. The number of nitrogens with zero attached hydrogens (tertiary/aromatic N) is 1. The Bertz CT molecular complexity index is 959. The molecule has 2 aliphatic heterocycles. The number of hydrogen-bond donors (Lipinski definition) is 1. The van der Waals surface area contributed by atoms with Crippen molar-refractivity contribution in [3.05, 3.63) is 75.3 Å². The van der Waals surface area contributed by atoms with E-state index in [1.807, 2.05) is 43.3 Å². The van der Waals surface area contributed by atoms with Crippen molar-refractivity contribution in [3.63, 3.8) is 0 Å². The zero-order valence-corrected chi connectivity index (χ0v) is 17.7. The average Bonchev–Trinajstić information content (AvgIpc) is 3.31. The Kier molecular flexibility index (Phi) is 5.56. The lowest BCUT2D eigenvalue weighted by atomic mass is 9.95. The number of amides is 1. The summed E-state index contributed by atoms with van der Waals surface area (Å²) in [7, 11) is 0. The minimum Gasteiger partial charge on any atom is -0.507 e. The van der Waals surface area contributed by atoms with Crippen LogP contribution in [0.15, 0.2) is 58.6 Å². The molecule has 1 amide bonds. The third kappa shape index (κ3) is 3.87. The highest BCUT2D eigenvalue weighted by Crippen LogP contribution is 2.40. The topological polar surface area (TPSA) is 66.8 Å². The molecule has 2 aliphatic rings. The molecule has 2 saturated heterocycles. The smallest absolute Gasteiger partial charge is 0.295 e. The first-order valence-corrected chi connectivity index (χ1v) is 10.5. The number of aryl methyl sites for hydroxylation is 1. The fourth-order valence-electron chi connectivity index (χ4n) is 3.93. The second kappa shape index (κ2) is 8.13. The van der Waals surface area contributed by atoms with Crippen molar-refractivity contribution < 1.29 is 19.4 Å². The van der Waals surface area contributed by atoms with Gasteiger partial charge in [-0.1, -0.05) is 57.9 Å². The molecule has 29 heavy (non-hydrogen) atoms. The van der Waals surface area contributed by atoms with Crippen molar-refractivity contribution in [1.82, 2.24) is 4.90 Å². The number of carbonyl (C=O) groups is 2. The zero-order valence-electron chi connectivity index (χ0n) is 16.1. The molecule has 2 unspecified atom stereocenters. The standard InChI is InChI=1S/C23H22BrNO4/c1-14-4-6-16(7-5-14)21(26)19-20(15-8-10-17(24)11-9-15)25(23(28)22(19)27)13-18-3-2-12-29-18/h4-11,18,20,26H,2-3,12-13H2,1H3. The molecule has 0 saturated carbocycles. The number of aliphatic hydroxyl groups is 1. The number of halogens is 1. The van der Waals surface area contributed by atoms with Crippen LogP contribution in [0, 0.1) is 6.92 Å². The summed E-state index contributed by atoms with van der Waals surface area (Å²) in [6, 6.07) is 14.1. The van der Waals surface area contributed by atoms with E-state index in [1.165, 1.54) is 0 Å². The monoisotopic (exact) mass is 455 g/mol. The Morgan fingerprint density at radius 2 is 1.83 bits per heavy atom. The molecule has 2 fully saturated rings. The Morgan fingerprint density at radius 3 is 2.45 bits per heavy atom. The molecule has 2 aromatic rings. The molecule has 2 aromatic carbocycles. The molecule has 1 N–H and O–H groups in total. The highest BCUT2D eigenvalue weighted by atomic mass is 79.9. The van der Waals surface area contributed by atoms with Gasteiger partial charge in [0, 0.05) is 23.2 Å². The van der Waals surface area contributed by atoms with Gasteiger partial charge in [0.25, 0.3) is 11.7 Å².